The molecule has 3 heterocycles. The number of hydrogen-bond donors (Lipinski definition) is 2. The van der Waals surface area contributed by atoms with Crippen LogP contribution in [0.1, 0.15) is 30.4 Å². The fourth-order valence-corrected chi connectivity index (χ4v) is 3.36. The van der Waals surface area contributed by atoms with Gasteiger partial charge in [0.15, 0.2) is 0 Å². The average Bonchev–Trinajstić information content (AvgIpc) is 3.15. The summed E-state index contributed by atoms with van der Waals surface area (Å²) in [6.07, 6.45) is 4.29. The molecule has 2 aromatic heterocycles. The molecule has 0 saturated heterocycles. The van der Waals surface area contributed by atoms with Gasteiger partial charge in [-0.25, -0.2) is 0 Å². The van der Waals surface area contributed by atoms with E-state index in [4.69, 9.17) is 15.2 Å². The van der Waals surface area contributed by atoms with Crippen LogP contribution in [0.15, 0.2) is 60.2 Å². The maximum Gasteiger partial charge on any atom is 0.244 e. The van der Waals surface area contributed by atoms with E-state index in [0.29, 0.717) is 23.8 Å². The molecule has 0 amide bonds. The third-order valence-corrected chi connectivity index (χ3v) is 4.60. The van der Waals surface area contributed by atoms with Crippen molar-refractivity contribution in [1.29, 1.82) is 5.26 Å². The Bertz CT molecular complexity index is 1070. The molecule has 3 aromatic rings. The van der Waals surface area contributed by atoms with Crippen LogP contribution in [-0.4, -0.2) is 21.8 Å². The first-order valence-electron chi connectivity index (χ1n) is 9.02. The number of para-hydroxylation sites is 1. The van der Waals surface area contributed by atoms with Crippen molar-refractivity contribution in [2.24, 2.45) is 5.73 Å². The van der Waals surface area contributed by atoms with E-state index in [1.807, 2.05) is 43.3 Å². The lowest BCUT2D eigenvalue weighted by molar-refractivity contribution is 0.312. The largest absolute Gasteiger partial charge is 0.493 e. The molecule has 0 spiro atoms. The zero-order valence-corrected chi connectivity index (χ0v) is 15.3. The molecule has 0 unspecified atom stereocenters. The number of fused-ring (bicyclic) bond motifs is 1. The third-order valence-electron chi connectivity index (χ3n) is 4.60. The first kappa shape index (κ1) is 17.6. The summed E-state index contributed by atoms with van der Waals surface area (Å²) >= 11 is 0. The van der Waals surface area contributed by atoms with Crippen molar-refractivity contribution in [1.82, 2.24) is 15.2 Å². The molecule has 7 nitrogen and oxygen atoms in total. The Morgan fingerprint density at radius 1 is 1.25 bits per heavy atom. The number of nitrogens with two attached hydrogens (primary N) is 1. The van der Waals surface area contributed by atoms with Crippen LogP contribution in [0.3, 0.4) is 0 Å². The number of nitrogens with one attached hydrogen (secondary N) is 1. The molecule has 0 radical (unpaired) electrons. The smallest absolute Gasteiger partial charge is 0.244 e. The van der Waals surface area contributed by atoms with Crippen molar-refractivity contribution in [3.8, 4) is 29.0 Å². The quantitative estimate of drug-likeness (QED) is 0.708. The Morgan fingerprint density at radius 2 is 2.04 bits per heavy atom. The first-order valence-corrected chi connectivity index (χ1v) is 9.02. The van der Waals surface area contributed by atoms with Crippen molar-refractivity contribution >= 4 is 0 Å². The normalized spacial score (nSPS) is 15.5. The van der Waals surface area contributed by atoms with Gasteiger partial charge in [0.05, 0.1) is 23.8 Å². The van der Waals surface area contributed by atoms with Crippen molar-refractivity contribution in [3.05, 3.63) is 71.4 Å². The van der Waals surface area contributed by atoms with Crippen LogP contribution < -0.4 is 15.2 Å². The summed E-state index contributed by atoms with van der Waals surface area (Å²) in [7, 11) is 0. The topological polar surface area (TPSA) is 110 Å². The van der Waals surface area contributed by atoms with Gasteiger partial charge < -0.3 is 15.2 Å². The first-order chi connectivity index (χ1) is 13.7. The fourth-order valence-electron chi connectivity index (χ4n) is 3.36. The number of nitrogens with zero attached hydrogens (tertiary/aromatic N) is 3. The van der Waals surface area contributed by atoms with Crippen LogP contribution in [0.25, 0.3) is 11.3 Å². The van der Waals surface area contributed by atoms with Crippen LogP contribution in [0.2, 0.25) is 0 Å². The summed E-state index contributed by atoms with van der Waals surface area (Å²) in [5.41, 5.74) is 9.64. The predicted molar refractivity (Wildman–Crippen MR) is 103 cm³/mol. The molecule has 0 aliphatic carbocycles. The van der Waals surface area contributed by atoms with Crippen LogP contribution in [0.4, 0.5) is 0 Å². The lowest BCUT2D eigenvalue weighted by atomic mass is 9.82. The zero-order valence-electron chi connectivity index (χ0n) is 15.3. The van der Waals surface area contributed by atoms with Gasteiger partial charge in [-0.3, -0.25) is 10.1 Å². The summed E-state index contributed by atoms with van der Waals surface area (Å²) in [5, 5.41) is 17.1. The molecule has 0 saturated carbocycles. The summed E-state index contributed by atoms with van der Waals surface area (Å²) in [4.78, 5) is 4.07. The van der Waals surface area contributed by atoms with Crippen molar-refractivity contribution in [3.63, 3.8) is 0 Å². The molecular formula is C21H19N5O2. The van der Waals surface area contributed by atoms with Gasteiger partial charge in [0, 0.05) is 23.5 Å². The second-order valence-electron chi connectivity index (χ2n) is 6.36. The van der Waals surface area contributed by atoms with Gasteiger partial charge in [-0.2, -0.15) is 5.26 Å². The van der Waals surface area contributed by atoms with Crippen LogP contribution in [0, 0.1) is 11.3 Å². The zero-order chi connectivity index (χ0) is 19.5. The number of aromatic amines is 1. The number of rotatable bonds is 5. The van der Waals surface area contributed by atoms with Gasteiger partial charge in [0.25, 0.3) is 0 Å². The van der Waals surface area contributed by atoms with Gasteiger partial charge in [0.1, 0.15) is 17.4 Å². The molecule has 1 aliphatic rings. The van der Waals surface area contributed by atoms with Gasteiger partial charge in [-0.05, 0) is 24.6 Å². The summed E-state index contributed by atoms with van der Waals surface area (Å²) in [5.74, 6) is 0.671. The number of allylic oxidation sites excluding steroid dienone is 1. The van der Waals surface area contributed by atoms with E-state index in [1.54, 1.807) is 12.4 Å². The third kappa shape index (κ3) is 2.95. The minimum atomic E-state index is -0.455. The minimum absolute atomic E-state index is 0.0538. The van der Waals surface area contributed by atoms with Crippen molar-refractivity contribution in [2.75, 3.05) is 6.61 Å². The Morgan fingerprint density at radius 3 is 2.79 bits per heavy atom. The van der Waals surface area contributed by atoms with Gasteiger partial charge in [0.2, 0.25) is 11.8 Å². The predicted octanol–water partition coefficient (Wildman–Crippen LogP) is 3.48. The summed E-state index contributed by atoms with van der Waals surface area (Å²) in [6.45, 7) is 2.63. The summed E-state index contributed by atoms with van der Waals surface area (Å²) in [6, 6.07) is 13.6. The maximum atomic E-state index is 9.84. The van der Waals surface area contributed by atoms with E-state index < -0.39 is 5.92 Å². The molecule has 1 atom stereocenters. The molecule has 0 bridgehead atoms. The molecule has 140 valence electrons. The molecule has 7 heteroatoms. The number of hydrogen-bond acceptors (Lipinski definition) is 6. The SMILES string of the molecule is CCCOc1ccccc1[C@H]1C(C#N)=C(N)Oc2n[nH]c(-c3ccncc3)c21. The number of nitriles is 1. The van der Waals surface area contributed by atoms with E-state index >= 15 is 0 Å². The Balaban J connectivity index is 1.93. The lowest BCUT2D eigenvalue weighted by Gasteiger charge is -2.25. The number of pyridine rings is 1. The van der Waals surface area contributed by atoms with Crippen LogP contribution in [-0.2, 0) is 0 Å². The highest BCUT2D eigenvalue weighted by molar-refractivity contribution is 5.71. The van der Waals surface area contributed by atoms with E-state index in [2.05, 4.69) is 21.3 Å². The van der Waals surface area contributed by atoms with Gasteiger partial charge >= 0.3 is 0 Å². The number of benzene rings is 1. The molecule has 28 heavy (non-hydrogen) atoms. The Labute approximate surface area is 162 Å². The van der Waals surface area contributed by atoms with Crippen LogP contribution in [0.5, 0.6) is 11.6 Å². The van der Waals surface area contributed by atoms with E-state index in [9.17, 15) is 5.26 Å². The molecule has 1 aliphatic heterocycles. The molecular weight excluding hydrogens is 354 g/mol. The molecule has 3 N–H and O–H groups in total. The lowest BCUT2D eigenvalue weighted by Crippen LogP contribution is -2.21. The Kier molecular flexibility index (Phi) is 4.68. The highest BCUT2D eigenvalue weighted by Crippen LogP contribution is 2.47. The number of aromatic nitrogens is 3. The monoisotopic (exact) mass is 373 g/mol. The fraction of sp³-hybridized carbons (Fsp3) is 0.190. The number of ether oxygens (including phenoxy) is 2. The highest BCUT2D eigenvalue weighted by Gasteiger charge is 2.37. The van der Waals surface area contributed by atoms with Crippen molar-refractivity contribution in [2.45, 2.75) is 19.3 Å². The number of H-pyrrole nitrogens is 1. The highest BCUT2D eigenvalue weighted by atomic mass is 16.5. The van der Waals surface area contributed by atoms with E-state index in [-0.39, 0.29) is 5.88 Å². The van der Waals surface area contributed by atoms with Gasteiger partial charge in [-0.15, -0.1) is 5.10 Å². The molecule has 4 rings (SSSR count). The Hall–Kier alpha value is -3.79. The van der Waals surface area contributed by atoms with Crippen molar-refractivity contribution < 1.29 is 9.47 Å². The van der Waals surface area contributed by atoms with E-state index in [0.717, 1.165) is 28.8 Å². The maximum absolute atomic E-state index is 9.84. The molecule has 1 aromatic carbocycles. The molecule has 0 fully saturated rings. The standard InChI is InChI=1S/C21H19N5O2/c1-2-11-27-16-6-4-3-5-14(16)17-15(12-22)20(23)28-21-18(17)19(25-26-21)13-7-9-24-10-8-13/h3-10,17H,2,11,23H2,1H3,(H,25,26)/t17-/m0/s1. The second-order valence-corrected chi connectivity index (χ2v) is 6.36. The van der Waals surface area contributed by atoms with Gasteiger partial charge in [-0.1, -0.05) is 25.1 Å². The summed E-state index contributed by atoms with van der Waals surface area (Å²) < 4.78 is 11.6. The average molecular weight is 373 g/mol. The van der Waals surface area contributed by atoms with Crippen LogP contribution >= 0.6 is 0 Å². The second kappa shape index (κ2) is 7.45. The van der Waals surface area contributed by atoms with E-state index in [1.165, 1.54) is 0 Å². The minimum Gasteiger partial charge on any atom is -0.493 e.